The van der Waals surface area contributed by atoms with Crippen LogP contribution in [0.4, 0.5) is 0 Å². The molecule has 0 saturated heterocycles. The molecular formula is C18H15ClN2O2S. The zero-order valence-electron chi connectivity index (χ0n) is 12.6. The topological polar surface area (TPSA) is 59.1 Å². The average Bonchev–Trinajstić information content (AvgIpc) is 2.61. The fourth-order valence-electron chi connectivity index (χ4n) is 2.35. The van der Waals surface area contributed by atoms with Gasteiger partial charge in [-0.3, -0.25) is 4.98 Å². The van der Waals surface area contributed by atoms with E-state index in [1.807, 2.05) is 36.4 Å². The molecule has 4 nitrogen and oxygen atoms in total. The van der Waals surface area contributed by atoms with Gasteiger partial charge in [-0.2, -0.15) is 4.72 Å². The lowest BCUT2D eigenvalue weighted by Gasteiger charge is -2.19. The van der Waals surface area contributed by atoms with Crippen molar-refractivity contribution in [1.29, 1.82) is 0 Å². The lowest BCUT2D eigenvalue weighted by Crippen LogP contribution is -2.30. The minimum Gasteiger partial charge on any atom is -0.259 e. The molecule has 0 fully saturated rings. The predicted octanol–water partition coefficient (Wildman–Crippen LogP) is 3.80. The highest BCUT2D eigenvalue weighted by Crippen LogP contribution is 2.24. The first kappa shape index (κ1) is 16.6. The summed E-state index contributed by atoms with van der Waals surface area (Å²) in [4.78, 5) is 4.42. The Morgan fingerprint density at radius 3 is 2.33 bits per heavy atom. The molecule has 0 aliphatic heterocycles. The quantitative estimate of drug-likeness (QED) is 0.754. The normalized spacial score (nSPS) is 12.7. The lowest BCUT2D eigenvalue weighted by molar-refractivity contribution is 0.570. The Kier molecular flexibility index (Phi) is 4.94. The summed E-state index contributed by atoms with van der Waals surface area (Å²) in [6, 6.07) is 20.3. The van der Waals surface area contributed by atoms with Crippen LogP contribution in [0.2, 0.25) is 5.02 Å². The highest BCUT2D eigenvalue weighted by atomic mass is 35.5. The third kappa shape index (κ3) is 3.82. The Morgan fingerprint density at radius 1 is 0.917 bits per heavy atom. The fraction of sp³-hybridized carbons (Fsp3) is 0.0556. The molecule has 0 bridgehead atoms. The predicted molar refractivity (Wildman–Crippen MR) is 94.3 cm³/mol. The third-order valence-corrected chi connectivity index (χ3v) is 5.15. The zero-order chi connectivity index (χ0) is 17.0. The molecule has 0 aliphatic carbocycles. The van der Waals surface area contributed by atoms with Crippen LogP contribution in [-0.4, -0.2) is 13.4 Å². The molecule has 24 heavy (non-hydrogen) atoms. The van der Waals surface area contributed by atoms with Crippen molar-refractivity contribution in [1.82, 2.24) is 9.71 Å². The molecule has 3 rings (SSSR count). The molecule has 1 atom stereocenters. The van der Waals surface area contributed by atoms with Crippen molar-refractivity contribution in [3.8, 4) is 0 Å². The molecule has 0 radical (unpaired) electrons. The van der Waals surface area contributed by atoms with Gasteiger partial charge in [-0.25, -0.2) is 8.42 Å². The van der Waals surface area contributed by atoms with E-state index in [0.29, 0.717) is 10.7 Å². The molecule has 0 amide bonds. The summed E-state index contributed by atoms with van der Waals surface area (Å²) < 4.78 is 28.2. The van der Waals surface area contributed by atoms with Gasteiger partial charge in [0.2, 0.25) is 10.0 Å². The van der Waals surface area contributed by atoms with E-state index >= 15 is 0 Å². The molecule has 0 aliphatic rings. The number of nitrogens with zero attached hydrogens (tertiary/aromatic N) is 1. The van der Waals surface area contributed by atoms with Crippen LogP contribution < -0.4 is 4.72 Å². The zero-order valence-corrected chi connectivity index (χ0v) is 14.2. The number of hydrogen-bond donors (Lipinski definition) is 1. The largest absolute Gasteiger partial charge is 0.259 e. The summed E-state index contributed by atoms with van der Waals surface area (Å²) in [5.74, 6) is 0. The molecule has 1 heterocycles. The van der Waals surface area contributed by atoms with Crippen LogP contribution in [0.5, 0.6) is 0 Å². The van der Waals surface area contributed by atoms with Crippen molar-refractivity contribution in [2.45, 2.75) is 10.9 Å². The second-order valence-electron chi connectivity index (χ2n) is 5.18. The lowest BCUT2D eigenvalue weighted by atomic mass is 10.0. The molecule has 1 N–H and O–H groups in total. The van der Waals surface area contributed by atoms with Crippen molar-refractivity contribution in [3.05, 3.63) is 95.3 Å². The Labute approximate surface area is 146 Å². The number of hydrogen-bond acceptors (Lipinski definition) is 3. The summed E-state index contributed by atoms with van der Waals surface area (Å²) in [6.45, 7) is 0. The van der Waals surface area contributed by atoms with E-state index in [1.165, 1.54) is 12.1 Å². The van der Waals surface area contributed by atoms with E-state index in [0.717, 1.165) is 5.56 Å². The summed E-state index contributed by atoms with van der Waals surface area (Å²) in [6.07, 6.45) is 1.64. The van der Waals surface area contributed by atoms with E-state index in [-0.39, 0.29) is 4.90 Å². The van der Waals surface area contributed by atoms with E-state index in [9.17, 15) is 8.42 Å². The average molecular weight is 359 g/mol. The van der Waals surface area contributed by atoms with Gasteiger partial charge < -0.3 is 0 Å². The Hall–Kier alpha value is -2.21. The number of rotatable bonds is 5. The van der Waals surface area contributed by atoms with E-state index < -0.39 is 16.1 Å². The molecular weight excluding hydrogens is 344 g/mol. The second-order valence-corrected chi connectivity index (χ2v) is 7.33. The van der Waals surface area contributed by atoms with Gasteiger partial charge >= 0.3 is 0 Å². The molecule has 0 spiro atoms. The van der Waals surface area contributed by atoms with Gasteiger partial charge in [0.05, 0.1) is 16.6 Å². The fourth-order valence-corrected chi connectivity index (χ4v) is 3.85. The van der Waals surface area contributed by atoms with Crippen LogP contribution in [0.25, 0.3) is 0 Å². The standard InChI is InChI=1S/C18H15ClN2O2S/c19-15-9-6-10-16(13-15)24(22,23)21-18(14-7-2-1-3-8-14)17-11-4-5-12-20-17/h1-13,18,21H. The molecule has 0 saturated carbocycles. The SMILES string of the molecule is O=S(=O)(NC(c1ccccc1)c1ccccn1)c1cccc(Cl)c1. The molecule has 3 aromatic rings. The smallest absolute Gasteiger partial charge is 0.241 e. The van der Waals surface area contributed by atoms with E-state index in [2.05, 4.69) is 9.71 Å². The number of aromatic nitrogens is 1. The first-order chi connectivity index (χ1) is 11.6. The van der Waals surface area contributed by atoms with Gasteiger partial charge in [-0.15, -0.1) is 0 Å². The van der Waals surface area contributed by atoms with Crippen molar-refractivity contribution >= 4 is 21.6 Å². The summed E-state index contributed by atoms with van der Waals surface area (Å²) >= 11 is 5.92. The van der Waals surface area contributed by atoms with Crippen molar-refractivity contribution in [2.24, 2.45) is 0 Å². The van der Waals surface area contributed by atoms with Crippen LogP contribution in [0.1, 0.15) is 17.3 Å². The van der Waals surface area contributed by atoms with Gasteiger partial charge in [0.1, 0.15) is 0 Å². The van der Waals surface area contributed by atoms with Crippen LogP contribution >= 0.6 is 11.6 Å². The van der Waals surface area contributed by atoms with Crippen LogP contribution in [-0.2, 0) is 10.0 Å². The number of benzene rings is 2. The van der Waals surface area contributed by atoms with Gasteiger partial charge in [0.25, 0.3) is 0 Å². The Bertz CT molecular complexity index is 877. The van der Waals surface area contributed by atoms with Gasteiger partial charge in [-0.05, 0) is 35.9 Å². The molecule has 122 valence electrons. The van der Waals surface area contributed by atoms with Gasteiger partial charge in [0, 0.05) is 11.2 Å². The first-order valence-corrected chi connectivity index (χ1v) is 9.16. The summed E-state index contributed by atoms with van der Waals surface area (Å²) in [5.41, 5.74) is 1.43. The maximum Gasteiger partial charge on any atom is 0.241 e. The maximum atomic E-state index is 12.7. The molecule has 1 aromatic heterocycles. The minimum atomic E-state index is -3.75. The molecule has 6 heteroatoms. The maximum absolute atomic E-state index is 12.7. The summed E-state index contributed by atoms with van der Waals surface area (Å²) in [5, 5.41) is 0.368. The first-order valence-electron chi connectivity index (χ1n) is 7.30. The van der Waals surface area contributed by atoms with Crippen LogP contribution in [0, 0.1) is 0 Å². The van der Waals surface area contributed by atoms with Gasteiger partial charge in [-0.1, -0.05) is 54.1 Å². The molecule has 1 unspecified atom stereocenters. The van der Waals surface area contributed by atoms with E-state index in [4.69, 9.17) is 11.6 Å². The highest BCUT2D eigenvalue weighted by molar-refractivity contribution is 7.89. The van der Waals surface area contributed by atoms with Crippen molar-refractivity contribution in [3.63, 3.8) is 0 Å². The highest BCUT2D eigenvalue weighted by Gasteiger charge is 2.23. The Balaban J connectivity index is 2.01. The van der Waals surface area contributed by atoms with Crippen molar-refractivity contribution in [2.75, 3.05) is 0 Å². The van der Waals surface area contributed by atoms with Crippen molar-refractivity contribution < 1.29 is 8.42 Å². The number of halogens is 1. The monoisotopic (exact) mass is 358 g/mol. The second kappa shape index (κ2) is 7.13. The van der Waals surface area contributed by atoms with Gasteiger partial charge in [0.15, 0.2) is 0 Å². The Morgan fingerprint density at radius 2 is 1.67 bits per heavy atom. The number of pyridine rings is 1. The third-order valence-electron chi connectivity index (χ3n) is 3.50. The summed E-state index contributed by atoms with van der Waals surface area (Å²) in [7, 11) is -3.75. The molecule has 2 aromatic carbocycles. The van der Waals surface area contributed by atoms with E-state index in [1.54, 1.807) is 30.5 Å². The van der Waals surface area contributed by atoms with Crippen LogP contribution in [0.15, 0.2) is 83.9 Å². The number of sulfonamides is 1. The number of nitrogens with one attached hydrogen (secondary N) is 1. The van der Waals surface area contributed by atoms with Crippen LogP contribution in [0.3, 0.4) is 0 Å². The minimum absolute atomic E-state index is 0.117.